The van der Waals surface area contributed by atoms with Crippen molar-refractivity contribution in [2.75, 3.05) is 21.3 Å². The molecule has 5 heteroatoms. The van der Waals surface area contributed by atoms with Gasteiger partial charge >= 0.3 is 0 Å². The van der Waals surface area contributed by atoms with Crippen molar-refractivity contribution < 1.29 is 9.47 Å². The topological polar surface area (TPSA) is 54.9 Å². The van der Waals surface area contributed by atoms with Gasteiger partial charge in [-0.05, 0) is 24.6 Å². The zero-order chi connectivity index (χ0) is 17.4. The molecule has 0 atom stereocenters. The molecule has 2 N–H and O–H groups in total. The van der Waals surface area contributed by atoms with E-state index in [4.69, 9.17) is 9.47 Å². The van der Waals surface area contributed by atoms with Gasteiger partial charge in [-0.2, -0.15) is 0 Å². The van der Waals surface area contributed by atoms with Gasteiger partial charge in [0.2, 0.25) is 0 Å². The summed E-state index contributed by atoms with van der Waals surface area (Å²) < 4.78 is 10.6. The van der Waals surface area contributed by atoms with Crippen LogP contribution in [0, 0.1) is 6.92 Å². The molecule has 0 aromatic heterocycles. The van der Waals surface area contributed by atoms with Crippen molar-refractivity contribution >= 4 is 5.96 Å². The number of nitrogens with zero attached hydrogens (tertiary/aromatic N) is 1. The molecule has 5 nitrogen and oxygen atoms in total. The maximum Gasteiger partial charge on any atom is 0.191 e. The fourth-order valence-electron chi connectivity index (χ4n) is 2.29. The van der Waals surface area contributed by atoms with E-state index in [-0.39, 0.29) is 0 Å². The smallest absolute Gasteiger partial charge is 0.191 e. The molecule has 128 valence electrons. The second kappa shape index (κ2) is 8.82. The molecule has 0 saturated carbocycles. The average Bonchev–Trinajstić information content (AvgIpc) is 2.63. The second-order valence-corrected chi connectivity index (χ2v) is 5.44. The van der Waals surface area contributed by atoms with Crippen LogP contribution in [0.3, 0.4) is 0 Å². The average molecular weight is 327 g/mol. The number of benzene rings is 2. The predicted molar refractivity (Wildman–Crippen MR) is 97.8 cm³/mol. The van der Waals surface area contributed by atoms with E-state index in [1.54, 1.807) is 21.3 Å². The molecule has 0 saturated heterocycles. The molecule has 0 spiro atoms. The van der Waals surface area contributed by atoms with Crippen LogP contribution < -0.4 is 20.1 Å². The number of nitrogens with one attached hydrogen (secondary N) is 2. The highest BCUT2D eigenvalue weighted by atomic mass is 16.5. The minimum Gasteiger partial charge on any atom is -0.497 e. The van der Waals surface area contributed by atoms with Gasteiger partial charge in [-0.3, -0.25) is 4.99 Å². The Kier molecular flexibility index (Phi) is 6.49. The summed E-state index contributed by atoms with van der Waals surface area (Å²) in [6.45, 7) is 3.42. The third-order valence-electron chi connectivity index (χ3n) is 3.74. The number of guanidine groups is 1. The number of aliphatic imine (C=N–C) groups is 1. The van der Waals surface area contributed by atoms with Gasteiger partial charge in [0, 0.05) is 31.8 Å². The van der Waals surface area contributed by atoms with E-state index in [2.05, 4.69) is 46.8 Å². The monoisotopic (exact) mass is 327 g/mol. The highest BCUT2D eigenvalue weighted by Crippen LogP contribution is 2.24. The third-order valence-corrected chi connectivity index (χ3v) is 3.74. The lowest BCUT2D eigenvalue weighted by molar-refractivity contribution is 0.390. The molecular weight excluding hydrogens is 302 g/mol. The van der Waals surface area contributed by atoms with Crippen molar-refractivity contribution in [1.82, 2.24) is 10.6 Å². The maximum atomic E-state index is 5.41. The first kappa shape index (κ1) is 17.7. The third kappa shape index (κ3) is 4.91. The lowest BCUT2D eigenvalue weighted by Crippen LogP contribution is -2.36. The summed E-state index contributed by atoms with van der Waals surface area (Å²) in [5.41, 5.74) is 3.51. The summed E-state index contributed by atoms with van der Waals surface area (Å²) in [5, 5.41) is 6.61. The predicted octanol–water partition coefficient (Wildman–Crippen LogP) is 2.88. The number of aryl methyl sites for hydroxylation is 1. The van der Waals surface area contributed by atoms with E-state index < -0.39 is 0 Å². The molecule has 2 aromatic carbocycles. The van der Waals surface area contributed by atoms with Crippen LogP contribution in [0.1, 0.15) is 16.7 Å². The maximum absolute atomic E-state index is 5.41. The quantitative estimate of drug-likeness (QED) is 0.633. The highest BCUT2D eigenvalue weighted by molar-refractivity contribution is 5.79. The molecule has 0 aliphatic rings. The normalized spacial score (nSPS) is 11.1. The largest absolute Gasteiger partial charge is 0.497 e. The Hall–Kier alpha value is -2.69. The van der Waals surface area contributed by atoms with Crippen LogP contribution in [-0.2, 0) is 13.1 Å². The zero-order valence-electron chi connectivity index (χ0n) is 14.7. The number of hydrogen-bond donors (Lipinski definition) is 2. The van der Waals surface area contributed by atoms with Crippen molar-refractivity contribution in [3.63, 3.8) is 0 Å². The second-order valence-electron chi connectivity index (χ2n) is 5.44. The van der Waals surface area contributed by atoms with Crippen molar-refractivity contribution in [1.29, 1.82) is 0 Å². The van der Waals surface area contributed by atoms with Crippen molar-refractivity contribution in [3.05, 3.63) is 59.2 Å². The molecule has 0 bridgehead atoms. The van der Waals surface area contributed by atoms with Crippen molar-refractivity contribution in [2.45, 2.75) is 20.0 Å². The molecule has 0 fully saturated rings. The summed E-state index contributed by atoms with van der Waals surface area (Å²) in [4.78, 5) is 4.25. The van der Waals surface area contributed by atoms with E-state index in [0.717, 1.165) is 29.6 Å². The molecule has 2 aromatic rings. The first-order valence-electron chi connectivity index (χ1n) is 7.87. The van der Waals surface area contributed by atoms with Crippen LogP contribution >= 0.6 is 0 Å². The van der Waals surface area contributed by atoms with Gasteiger partial charge in [0.1, 0.15) is 11.5 Å². The van der Waals surface area contributed by atoms with Gasteiger partial charge in [-0.15, -0.1) is 0 Å². The van der Waals surface area contributed by atoms with Crippen LogP contribution in [0.15, 0.2) is 47.5 Å². The Balaban J connectivity index is 1.93. The summed E-state index contributed by atoms with van der Waals surface area (Å²) >= 11 is 0. The summed E-state index contributed by atoms with van der Waals surface area (Å²) in [6.07, 6.45) is 0. The van der Waals surface area contributed by atoms with E-state index >= 15 is 0 Å². The van der Waals surface area contributed by atoms with Gasteiger partial charge in [-0.1, -0.05) is 29.8 Å². The lowest BCUT2D eigenvalue weighted by atomic mass is 10.1. The van der Waals surface area contributed by atoms with Crippen LogP contribution in [0.5, 0.6) is 11.5 Å². The molecule has 2 rings (SSSR count). The minimum absolute atomic E-state index is 0.612. The Morgan fingerprint density at radius 2 is 1.67 bits per heavy atom. The summed E-state index contributed by atoms with van der Waals surface area (Å²) in [7, 11) is 5.06. The van der Waals surface area contributed by atoms with E-state index in [9.17, 15) is 0 Å². The van der Waals surface area contributed by atoms with E-state index in [1.165, 1.54) is 11.1 Å². The number of rotatable bonds is 6. The number of hydrogen-bond acceptors (Lipinski definition) is 3. The standard InChI is InChI=1S/C19H25N3O2/c1-14-5-7-15(8-6-14)12-21-19(20-2)22-13-16-9-10-17(23-3)11-18(16)24-4/h5-11H,12-13H2,1-4H3,(H2,20,21,22). The molecule has 24 heavy (non-hydrogen) atoms. The van der Waals surface area contributed by atoms with Crippen LogP contribution in [0.4, 0.5) is 0 Å². The zero-order valence-corrected chi connectivity index (χ0v) is 14.7. The molecule has 0 amide bonds. The van der Waals surface area contributed by atoms with Gasteiger partial charge in [0.05, 0.1) is 14.2 Å². The Bertz CT molecular complexity index is 682. The Morgan fingerprint density at radius 3 is 2.29 bits per heavy atom. The number of methoxy groups -OCH3 is 2. The molecular formula is C19H25N3O2. The van der Waals surface area contributed by atoms with E-state index in [0.29, 0.717) is 6.54 Å². The van der Waals surface area contributed by atoms with Gasteiger partial charge in [0.15, 0.2) is 5.96 Å². The minimum atomic E-state index is 0.612. The number of ether oxygens (including phenoxy) is 2. The van der Waals surface area contributed by atoms with Crippen LogP contribution in [0.2, 0.25) is 0 Å². The van der Waals surface area contributed by atoms with Crippen LogP contribution in [-0.4, -0.2) is 27.2 Å². The highest BCUT2D eigenvalue weighted by Gasteiger charge is 2.06. The van der Waals surface area contributed by atoms with Gasteiger partial charge in [0.25, 0.3) is 0 Å². The lowest BCUT2D eigenvalue weighted by Gasteiger charge is -2.14. The Morgan fingerprint density at radius 1 is 0.958 bits per heavy atom. The van der Waals surface area contributed by atoms with Crippen LogP contribution in [0.25, 0.3) is 0 Å². The first-order chi connectivity index (χ1) is 11.7. The molecule has 0 aliphatic heterocycles. The molecule has 0 aliphatic carbocycles. The van der Waals surface area contributed by atoms with Crippen molar-refractivity contribution in [3.8, 4) is 11.5 Å². The SMILES string of the molecule is CN=C(NCc1ccc(C)cc1)NCc1ccc(OC)cc1OC. The molecule has 0 heterocycles. The summed E-state index contributed by atoms with van der Waals surface area (Å²) in [6, 6.07) is 14.2. The van der Waals surface area contributed by atoms with Gasteiger partial charge < -0.3 is 20.1 Å². The summed E-state index contributed by atoms with van der Waals surface area (Å²) in [5.74, 6) is 2.31. The van der Waals surface area contributed by atoms with Crippen molar-refractivity contribution in [2.24, 2.45) is 4.99 Å². The molecule has 0 radical (unpaired) electrons. The van der Waals surface area contributed by atoms with E-state index in [1.807, 2.05) is 18.2 Å². The fraction of sp³-hybridized carbons (Fsp3) is 0.316. The molecule has 0 unspecified atom stereocenters. The van der Waals surface area contributed by atoms with Gasteiger partial charge in [-0.25, -0.2) is 0 Å². The fourth-order valence-corrected chi connectivity index (χ4v) is 2.29. The first-order valence-corrected chi connectivity index (χ1v) is 7.87. The Labute approximate surface area is 143 Å².